The molecule has 2 unspecified atom stereocenters. The van der Waals surface area contributed by atoms with Gasteiger partial charge in [-0.25, -0.2) is 0 Å². The Labute approximate surface area is 137 Å². The molecule has 1 saturated heterocycles. The summed E-state index contributed by atoms with van der Waals surface area (Å²) in [6.07, 6.45) is 0. The number of likely N-dealkylation sites (N-methyl/N-ethyl adjacent to an activating group) is 1. The van der Waals surface area contributed by atoms with Gasteiger partial charge in [0.05, 0.1) is 35.9 Å². The van der Waals surface area contributed by atoms with Gasteiger partial charge in [0.25, 0.3) is 0 Å². The second-order valence-corrected chi connectivity index (χ2v) is 6.02. The molecule has 1 fully saturated rings. The SMILES string of the molecule is CCOc1c(Br)cc(Cl)cc1NC(=O)C1COCC1NC. The number of carbonyl (C=O) groups excluding carboxylic acids is 1. The molecule has 0 aliphatic carbocycles. The highest BCUT2D eigenvalue weighted by atomic mass is 79.9. The van der Waals surface area contributed by atoms with Crippen molar-refractivity contribution >= 4 is 39.1 Å². The number of hydrogen-bond donors (Lipinski definition) is 2. The molecule has 1 aromatic rings. The third-order valence-electron chi connectivity index (χ3n) is 3.34. The Balaban J connectivity index is 2.20. The normalized spacial score (nSPS) is 21.3. The Morgan fingerprint density at radius 1 is 1.52 bits per heavy atom. The highest BCUT2D eigenvalue weighted by molar-refractivity contribution is 9.10. The molecule has 21 heavy (non-hydrogen) atoms. The van der Waals surface area contributed by atoms with E-state index in [1.165, 1.54) is 0 Å². The van der Waals surface area contributed by atoms with Crippen LogP contribution in [-0.2, 0) is 9.53 Å². The Hall–Kier alpha value is -0.820. The summed E-state index contributed by atoms with van der Waals surface area (Å²) in [4.78, 5) is 12.4. The van der Waals surface area contributed by atoms with E-state index in [-0.39, 0.29) is 17.9 Å². The molecular weight excluding hydrogens is 360 g/mol. The Bertz CT molecular complexity index is 527. The van der Waals surface area contributed by atoms with E-state index in [4.69, 9.17) is 21.1 Å². The van der Waals surface area contributed by atoms with Crippen LogP contribution in [0.3, 0.4) is 0 Å². The molecule has 7 heteroatoms. The molecule has 0 spiro atoms. The van der Waals surface area contributed by atoms with Gasteiger partial charge in [0, 0.05) is 11.1 Å². The van der Waals surface area contributed by atoms with Crippen LogP contribution in [0.5, 0.6) is 5.75 Å². The maximum absolute atomic E-state index is 12.4. The average molecular weight is 378 g/mol. The first-order chi connectivity index (χ1) is 10.1. The molecule has 2 N–H and O–H groups in total. The molecule has 1 aliphatic heterocycles. The molecule has 0 radical (unpaired) electrons. The quantitative estimate of drug-likeness (QED) is 0.828. The van der Waals surface area contributed by atoms with E-state index in [0.717, 1.165) is 0 Å². The van der Waals surface area contributed by atoms with Crippen molar-refractivity contribution in [2.24, 2.45) is 5.92 Å². The lowest BCUT2D eigenvalue weighted by Gasteiger charge is -2.18. The van der Waals surface area contributed by atoms with Crippen LogP contribution in [0, 0.1) is 5.92 Å². The molecule has 1 amide bonds. The predicted molar refractivity (Wildman–Crippen MR) is 86.1 cm³/mol. The summed E-state index contributed by atoms with van der Waals surface area (Å²) in [5.41, 5.74) is 0.558. The molecule has 116 valence electrons. The molecule has 0 bridgehead atoms. The smallest absolute Gasteiger partial charge is 0.231 e. The maximum atomic E-state index is 12.4. The van der Waals surface area contributed by atoms with Crippen LogP contribution < -0.4 is 15.4 Å². The minimum absolute atomic E-state index is 0.0168. The van der Waals surface area contributed by atoms with Crippen molar-refractivity contribution in [1.29, 1.82) is 0 Å². The first kappa shape index (κ1) is 16.5. The van der Waals surface area contributed by atoms with Gasteiger partial charge in [0.15, 0.2) is 5.75 Å². The Morgan fingerprint density at radius 3 is 2.95 bits per heavy atom. The van der Waals surface area contributed by atoms with Crippen LogP contribution in [0.2, 0.25) is 5.02 Å². The molecule has 2 atom stereocenters. The summed E-state index contributed by atoms with van der Waals surface area (Å²) in [5, 5.41) is 6.50. The monoisotopic (exact) mass is 376 g/mol. The first-order valence-electron chi connectivity index (χ1n) is 6.74. The predicted octanol–water partition coefficient (Wildman–Crippen LogP) is 2.67. The highest BCUT2D eigenvalue weighted by Crippen LogP contribution is 2.37. The highest BCUT2D eigenvalue weighted by Gasteiger charge is 2.33. The van der Waals surface area contributed by atoms with Crippen LogP contribution in [0.4, 0.5) is 5.69 Å². The lowest BCUT2D eigenvalue weighted by Crippen LogP contribution is -2.39. The summed E-state index contributed by atoms with van der Waals surface area (Å²) >= 11 is 9.45. The lowest BCUT2D eigenvalue weighted by molar-refractivity contribution is -0.120. The van der Waals surface area contributed by atoms with Crippen molar-refractivity contribution in [3.05, 3.63) is 21.6 Å². The second-order valence-electron chi connectivity index (χ2n) is 4.73. The van der Waals surface area contributed by atoms with Gasteiger partial charge in [-0.1, -0.05) is 11.6 Å². The molecular formula is C14H18BrClN2O3. The van der Waals surface area contributed by atoms with Gasteiger partial charge in [0.1, 0.15) is 0 Å². The third-order valence-corrected chi connectivity index (χ3v) is 4.15. The maximum Gasteiger partial charge on any atom is 0.231 e. The zero-order chi connectivity index (χ0) is 15.4. The van der Waals surface area contributed by atoms with Crippen LogP contribution >= 0.6 is 27.5 Å². The van der Waals surface area contributed by atoms with Crippen molar-refractivity contribution < 1.29 is 14.3 Å². The van der Waals surface area contributed by atoms with E-state index in [2.05, 4.69) is 26.6 Å². The number of nitrogens with one attached hydrogen (secondary N) is 2. The Kier molecular flexibility index (Phi) is 5.87. The fourth-order valence-electron chi connectivity index (χ4n) is 2.27. The van der Waals surface area contributed by atoms with Crippen molar-refractivity contribution in [2.75, 3.05) is 32.2 Å². The van der Waals surface area contributed by atoms with Crippen molar-refractivity contribution in [3.63, 3.8) is 0 Å². The lowest BCUT2D eigenvalue weighted by atomic mass is 10.0. The van der Waals surface area contributed by atoms with Gasteiger partial charge < -0.3 is 20.1 Å². The van der Waals surface area contributed by atoms with Gasteiger partial charge in [-0.2, -0.15) is 0 Å². The summed E-state index contributed by atoms with van der Waals surface area (Å²) in [7, 11) is 1.82. The number of carbonyl (C=O) groups is 1. The van der Waals surface area contributed by atoms with Crippen LogP contribution in [0.15, 0.2) is 16.6 Å². The number of anilines is 1. The van der Waals surface area contributed by atoms with E-state index in [1.54, 1.807) is 12.1 Å². The topological polar surface area (TPSA) is 59.6 Å². The molecule has 0 aromatic heterocycles. The summed E-state index contributed by atoms with van der Waals surface area (Å²) in [6, 6.07) is 3.43. The van der Waals surface area contributed by atoms with E-state index < -0.39 is 0 Å². The van der Waals surface area contributed by atoms with Crippen molar-refractivity contribution in [3.8, 4) is 5.75 Å². The summed E-state index contributed by atoms with van der Waals surface area (Å²) in [6.45, 7) is 3.32. The molecule has 1 aliphatic rings. The molecule has 5 nitrogen and oxygen atoms in total. The molecule has 1 heterocycles. The van der Waals surface area contributed by atoms with Crippen molar-refractivity contribution in [1.82, 2.24) is 5.32 Å². The van der Waals surface area contributed by atoms with Gasteiger partial charge in [-0.15, -0.1) is 0 Å². The standard InChI is InChI=1S/C14H18BrClN2O3/c1-3-21-13-10(15)4-8(16)5-11(13)18-14(19)9-6-20-7-12(9)17-2/h4-5,9,12,17H,3,6-7H2,1-2H3,(H,18,19). The van der Waals surface area contributed by atoms with E-state index >= 15 is 0 Å². The average Bonchev–Trinajstić information content (AvgIpc) is 2.91. The first-order valence-corrected chi connectivity index (χ1v) is 7.91. The van der Waals surface area contributed by atoms with E-state index in [0.29, 0.717) is 40.8 Å². The number of hydrogen-bond acceptors (Lipinski definition) is 4. The zero-order valence-corrected chi connectivity index (χ0v) is 14.3. The van der Waals surface area contributed by atoms with Gasteiger partial charge >= 0.3 is 0 Å². The van der Waals surface area contributed by atoms with Crippen LogP contribution in [-0.4, -0.2) is 38.8 Å². The minimum Gasteiger partial charge on any atom is -0.491 e. The Morgan fingerprint density at radius 2 is 2.29 bits per heavy atom. The van der Waals surface area contributed by atoms with Crippen LogP contribution in [0.1, 0.15) is 6.92 Å². The number of benzene rings is 1. The van der Waals surface area contributed by atoms with Crippen LogP contribution in [0.25, 0.3) is 0 Å². The minimum atomic E-state index is -0.234. The van der Waals surface area contributed by atoms with E-state index in [9.17, 15) is 4.79 Å². The fraction of sp³-hybridized carbons (Fsp3) is 0.500. The molecule has 0 saturated carbocycles. The number of amides is 1. The molecule has 2 rings (SSSR count). The van der Waals surface area contributed by atoms with Gasteiger partial charge in [-0.05, 0) is 42.0 Å². The number of halogens is 2. The fourth-order valence-corrected chi connectivity index (χ4v) is 3.19. The van der Waals surface area contributed by atoms with Crippen molar-refractivity contribution in [2.45, 2.75) is 13.0 Å². The number of rotatable bonds is 5. The largest absolute Gasteiger partial charge is 0.491 e. The number of ether oxygens (including phenoxy) is 2. The zero-order valence-electron chi connectivity index (χ0n) is 11.9. The molecule has 1 aromatic carbocycles. The van der Waals surface area contributed by atoms with Gasteiger partial charge in [-0.3, -0.25) is 4.79 Å². The summed E-state index contributed by atoms with van der Waals surface area (Å²) < 4.78 is 11.6. The van der Waals surface area contributed by atoms with E-state index in [1.807, 2.05) is 14.0 Å². The summed E-state index contributed by atoms with van der Waals surface area (Å²) in [5.74, 6) is 0.236. The van der Waals surface area contributed by atoms with Gasteiger partial charge in [0.2, 0.25) is 5.91 Å². The second kappa shape index (κ2) is 7.45. The third kappa shape index (κ3) is 3.88.